The Morgan fingerprint density at radius 2 is 2.00 bits per heavy atom. The first-order chi connectivity index (χ1) is 14.8. The van der Waals surface area contributed by atoms with Gasteiger partial charge in [0.15, 0.2) is 5.17 Å². The second-order valence-electron chi connectivity index (χ2n) is 8.32. The normalized spacial score (nSPS) is 20.4. The molecule has 1 amide bonds. The second kappa shape index (κ2) is 9.09. The monoisotopic (exact) mass is 459 g/mol. The number of nitrogens with one attached hydrogen (secondary N) is 1. The SMILES string of the molecule is CC1=C(C(=O)OC(C)C)[C@H](c2ccc(Cl)cc2)N2C(CC(=O)NCC3CC3)=CSC2=N1. The zero-order chi connectivity index (χ0) is 22.1. The molecule has 0 aromatic heterocycles. The number of ether oxygens (including phenoxy) is 1. The summed E-state index contributed by atoms with van der Waals surface area (Å²) >= 11 is 7.58. The van der Waals surface area contributed by atoms with Gasteiger partial charge in [-0.2, -0.15) is 0 Å². The molecule has 1 saturated carbocycles. The highest BCUT2D eigenvalue weighted by molar-refractivity contribution is 8.16. The summed E-state index contributed by atoms with van der Waals surface area (Å²) in [5.41, 5.74) is 2.81. The third kappa shape index (κ3) is 4.99. The van der Waals surface area contributed by atoms with E-state index in [-0.39, 0.29) is 18.4 Å². The molecule has 0 saturated heterocycles. The topological polar surface area (TPSA) is 71.0 Å². The standard InChI is InChI=1S/C23H26ClN3O3S/c1-13(2)30-22(29)20-14(3)26-23-27(21(20)16-6-8-17(24)9-7-16)18(12-31-23)10-19(28)25-11-15-4-5-15/h6-9,12-13,15,21H,4-5,10-11H2,1-3H3,(H,25,28)/t21-/m0/s1. The summed E-state index contributed by atoms with van der Waals surface area (Å²) in [5, 5.41) is 6.34. The second-order valence-corrected chi connectivity index (χ2v) is 9.60. The molecule has 6 nitrogen and oxygen atoms in total. The van der Waals surface area contributed by atoms with E-state index < -0.39 is 12.0 Å². The molecule has 1 aromatic rings. The van der Waals surface area contributed by atoms with E-state index in [4.69, 9.17) is 16.3 Å². The molecule has 1 aliphatic carbocycles. The molecule has 1 N–H and O–H groups in total. The molecule has 1 aromatic carbocycles. The van der Waals surface area contributed by atoms with Crippen molar-refractivity contribution in [3.05, 3.63) is 57.2 Å². The Morgan fingerprint density at radius 1 is 1.29 bits per heavy atom. The maximum Gasteiger partial charge on any atom is 0.338 e. The maximum absolute atomic E-state index is 13.1. The molecule has 0 radical (unpaired) electrons. The molecule has 0 unspecified atom stereocenters. The molecule has 8 heteroatoms. The van der Waals surface area contributed by atoms with Crippen LogP contribution in [-0.4, -0.2) is 34.6 Å². The fourth-order valence-electron chi connectivity index (χ4n) is 3.68. The Hall–Kier alpha value is -2.25. The molecule has 0 bridgehead atoms. The quantitative estimate of drug-likeness (QED) is 0.594. The Bertz CT molecular complexity index is 980. The number of amidine groups is 1. The predicted molar refractivity (Wildman–Crippen MR) is 123 cm³/mol. The van der Waals surface area contributed by atoms with Crippen molar-refractivity contribution in [2.75, 3.05) is 6.54 Å². The molecule has 1 fully saturated rings. The van der Waals surface area contributed by atoms with Gasteiger partial charge in [-0.1, -0.05) is 35.5 Å². The van der Waals surface area contributed by atoms with E-state index in [1.807, 2.05) is 43.2 Å². The first-order valence-electron chi connectivity index (χ1n) is 10.5. The molecular weight excluding hydrogens is 434 g/mol. The van der Waals surface area contributed by atoms with Gasteiger partial charge in [-0.15, -0.1) is 0 Å². The number of rotatable bonds is 7. The molecule has 4 rings (SSSR count). The number of esters is 1. The van der Waals surface area contributed by atoms with Crippen LogP contribution in [-0.2, 0) is 14.3 Å². The van der Waals surface area contributed by atoms with Crippen molar-refractivity contribution >= 4 is 40.4 Å². The molecule has 31 heavy (non-hydrogen) atoms. The summed E-state index contributed by atoms with van der Waals surface area (Å²) in [7, 11) is 0. The van der Waals surface area contributed by atoms with Gasteiger partial charge in [0.1, 0.15) is 0 Å². The Balaban J connectivity index is 1.66. The first-order valence-corrected chi connectivity index (χ1v) is 11.8. The molecular formula is C23H26ClN3O3S. The zero-order valence-corrected chi connectivity index (χ0v) is 19.4. The van der Waals surface area contributed by atoms with Crippen LogP contribution in [0.15, 0.2) is 51.6 Å². The molecule has 3 aliphatic rings. The number of hydrogen-bond donors (Lipinski definition) is 1. The molecule has 0 spiro atoms. The van der Waals surface area contributed by atoms with Crippen molar-refractivity contribution in [1.82, 2.24) is 10.2 Å². The van der Waals surface area contributed by atoms with Crippen molar-refractivity contribution in [1.29, 1.82) is 0 Å². The third-order valence-electron chi connectivity index (χ3n) is 5.38. The van der Waals surface area contributed by atoms with Crippen molar-refractivity contribution < 1.29 is 14.3 Å². The lowest BCUT2D eigenvalue weighted by atomic mass is 9.94. The number of carbonyl (C=O) groups excluding carboxylic acids is 2. The maximum atomic E-state index is 13.1. The van der Waals surface area contributed by atoms with Crippen LogP contribution in [0.1, 0.15) is 51.6 Å². The van der Waals surface area contributed by atoms with Gasteiger partial charge in [0.25, 0.3) is 0 Å². The van der Waals surface area contributed by atoms with Gasteiger partial charge in [0.05, 0.1) is 29.8 Å². The van der Waals surface area contributed by atoms with Crippen LogP contribution in [0, 0.1) is 5.92 Å². The van der Waals surface area contributed by atoms with Crippen LogP contribution in [0.3, 0.4) is 0 Å². The van der Waals surface area contributed by atoms with Gasteiger partial charge in [-0.05, 0) is 62.6 Å². The lowest BCUT2D eigenvalue weighted by Gasteiger charge is -2.36. The summed E-state index contributed by atoms with van der Waals surface area (Å²) in [6.07, 6.45) is 2.35. The van der Waals surface area contributed by atoms with Crippen LogP contribution in [0.4, 0.5) is 0 Å². The van der Waals surface area contributed by atoms with Crippen molar-refractivity contribution in [2.24, 2.45) is 10.9 Å². The number of thioether (sulfide) groups is 1. The fraction of sp³-hybridized carbons (Fsp3) is 0.435. The molecule has 1 atom stereocenters. The Morgan fingerprint density at radius 3 is 2.65 bits per heavy atom. The highest BCUT2D eigenvalue weighted by Crippen LogP contribution is 2.45. The van der Waals surface area contributed by atoms with Gasteiger partial charge in [0.2, 0.25) is 5.91 Å². The molecule has 164 valence electrons. The van der Waals surface area contributed by atoms with Gasteiger partial charge < -0.3 is 15.0 Å². The number of amides is 1. The van der Waals surface area contributed by atoms with E-state index in [2.05, 4.69) is 10.3 Å². The van der Waals surface area contributed by atoms with Crippen LogP contribution in [0.25, 0.3) is 0 Å². The minimum atomic E-state index is -0.437. The summed E-state index contributed by atoms with van der Waals surface area (Å²) in [5.74, 6) is 0.199. The average Bonchev–Trinajstić information content (AvgIpc) is 3.46. The first kappa shape index (κ1) is 22.0. The number of carbonyl (C=O) groups is 2. The van der Waals surface area contributed by atoms with Crippen LogP contribution in [0.5, 0.6) is 0 Å². The van der Waals surface area contributed by atoms with E-state index in [0.717, 1.165) is 23.0 Å². The molecule has 2 heterocycles. The van der Waals surface area contributed by atoms with Crippen LogP contribution in [0.2, 0.25) is 5.02 Å². The highest BCUT2D eigenvalue weighted by Gasteiger charge is 2.41. The minimum Gasteiger partial charge on any atom is -0.459 e. The van der Waals surface area contributed by atoms with E-state index in [1.54, 1.807) is 12.1 Å². The number of halogens is 1. The summed E-state index contributed by atoms with van der Waals surface area (Å²) in [6, 6.07) is 6.98. The summed E-state index contributed by atoms with van der Waals surface area (Å²) in [4.78, 5) is 32.3. The lowest BCUT2D eigenvalue weighted by Crippen LogP contribution is -2.38. The number of nitrogens with zero attached hydrogens (tertiary/aromatic N) is 2. The van der Waals surface area contributed by atoms with E-state index in [0.29, 0.717) is 22.2 Å². The Kier molecular flexibility index (Phi) is 6.44. The van der Waals surface area contributed by atoms with Crippen molar-refractivity contribution in [3.63, 3.8) is 0 Å². The number of hydrogen-bond acceptors (Lipinski definition) is 6. The number of benzene rings is 1. The summed E-state index contributed by atoms with van der Waals surface area (Å²) in [6.45, 7) is 6.20. The number of allylic oxidation sites excluding steroid dienone is 1. The molecule has 2 aliphatic heterocycles. The predicted octanol–water partition coefficient (Wildman–Crippen LogP) is 4.78. The van der Waals surface area contributed by atoms with Gasteiger partial charge in [0, 0.05) is 17.3 Å². The van der Waals surface area contributed by atoms with Crippen molar-refractivity contribution in [3.8, 4) is 0 Å². The minimum absolute atomic E-state index is 0.0209. The smallest absolute Gasteiger partial charge is 0.338 e. The van der Waals surface area contributed by atoms with E-state index >= 15 is 0 Å². The van der Waals surface area contributed by atoms with E-state index in [9.17, 15) is 9.59 Å². The van der Waals surface area contributed by atoms with E-state index in [1.165, 1.54) is 24.6 Å². The average molecular weight is 460 g/mol. The lowest BCUT2D eigenvalue weighted by molar-refractivity contribution is -0.143. The van der Waals surface area contributed by atoms with Gasteiger partial charge in [-0.25, -0.2) is 9.79 Å². The van der Waals surface area contributed by atoms with Crippen LogP contribution < -0.4 is 5.32 Å². The third-order valence-corrected chi connectivity index (χ3v) is 6.52. The zero-order valence-electron chi connectivity index (χ0n) is 17.9. The largest absolute Gasteiger partial charge is 0.459 e. The van der Waals surface area contributed by atoms with Gasteiger partial charge in [-0.3, -0.25) is 4.79 Å². The van der Waals surface area contributed by atoms with Crippen molar-refractivity contribution in [2.45, 2.75) is 52.2 Å². The van der Waals surface area contributed by atoms with Crippen LogP contribution >= 0.6 is 23.4 Å². The number of aliphatic imine (C=N–C) groups is 1. The summed E-state index contributed by atoms with van der Waals surface area (Å²) < 4.78 is 5.55. The van der Waals surface area contributed by atoms with Gasteiger partial charge >= 0.3 is 5.97 Å². The Labute approximate surface area is 191 Å². The highest BCUT2D eigenvalue weighted by atomic mass is 35.5. The number of fused-ring (bicyclic) bond motifs is 1. The fourth-order valence-corrected chi connectivity index (χ4v) is 4.77.